The molecule has 0 aliphatic carbocycles. The summed E-state index contributed by atoms with van der Waals surface area (Å²) in [5.74, 6) is -0.351. The first-order valence-electron chi connectivity index (χ1n) is 4.58. The molecule has 0 heterocycles. The summed E-state index contributed by atoms with van der Waals surface area (Å²) in [4.78, 5) is 0. The van der Waals surface area contributed by atoms with Crippen molar-refractivity contribution in [1.29, 1.82) is 5.26 Å². The first kappa shape index (κ1) is 11.5. The molecule has 0 aliphatic rings. The third-order valence-corrected chi connectivity index (χ3v) is 1.97. The van der Waals surface area contributed by atoms with E-state index in [4.69, 9.17) is 15.7 Å². The number of nitriles is 1. The number of halogens is 1. The number of rotatable bonds is 3. The van der Waals surface area contributed by atoms with E-state index < -0.39 is 11.4 Å². The van der Waals surface area contributed by atoms with E-state index in [2.05, 4.69) is 0 Å². The van der Waals surface area contributed by atoms with Crippen LogP contribution in [-0.4, -0.2) is 12.1 Å². The number of nitrogens with two attached hydrogens (primary N) is 1. The molecule has 1 aromatic rings. The number of hydrogen-bond donors (Lipinski definition) is 1. The van der Waals surface area contributed by atoms with Crippen molar-refractivity contribution >= 4 is 0 Å². The highest BCUT2D eigenvalue weighted by atomic mass is 19.1. The summed E-state index contributed by atoms with van der Waals surface area (Å²) in [6.45, 7) is 3.84. The maximum atomic E-state index is 13.2. The molecule has 2 N–H and O–H groups in total. The zero-order valence-corrected chi connectivity index (χ0v) is 8.75. The summed E-state index contributed by atoms with van der Waals surface area (Å²) in [7, 11) is 0. The van der Waals surface area contributed by atoms with Gasteiger partial charge in [0, 0.05) is 6.54 Å². The molecule has 4 heteroatoms. The van der Waals surface area contributed by atoms with Crippen LogP contribution in [0.15, 0.2) is 18.2 Å². The number of ether oxygens (including phenoxy) is 1. The normalized spacial score (nSPS) is 10.9. The van der Waals surface area contributed by atoms with Crippen LogP contribution in [0.3, 0.4) is 0 Å². The van der Waals surface area contributed by atoms with E-state index in [0.29, 0.717) is 0 Å². The molecule has 3 nitrogen and oxygen atoms in total. The van der Waals surface area contributed by atoms with Gasteiger partial charge in [0.15, 0.2) is 0 Å². The van der Waals surface area contributed by atoms with Crippen LogP contribution < -0.4 is 10.5 Å². The van der Waals surface area contributed by atoms with Crippen LogP contribution in [-0.2, 0) is 0 Å². The lowest BCUT2D eigenvalue weighted by atomic mass is 10.1. The van der Waals surface area contributed by atoms with Crippen LogP contribution >= 0.6 is 0 Å². The summed E-state index contributed by atoms with van der Waals surface area (Å²) in [6.07, 6.45) is 0. The molecule has 0 saturated carbocycles. The molecule has 0 spiro atoms. The lowest BCUT2D eigenvalue weighted by Gasteiger charge is -2.25. The van der Waals surface area contributed by atoms with Gasteiger partial charge in [0.2, 0.25) is 0 Å². The van der Waals surface area contributed by atoms with Gasteiger partial charge in [-0.2, -0.15) is 5.26 Å². The third-order valence-electron chi connectivity index (χ3n) is 1.97. The van der Waals surface area contributed by atoms with Gasteiger partial charge in [-0.15, -0.1) is 0 Å². The first-order valence-corrected chi connectivity index (χ1v) is 4.58. The maximum absolute atomic E-state index is 13.2. The van der Waals surface area contributed by atoms with E-state index in [-0.39, 0.29) is 17.9 Å². The first-order chi connectivity index (χ1) is 7.00. The SMILES string of the molecule is CC(C)(CN)Oc1cccc(F)c1C#N. The smallest absolute Gasteiger partial charge is 0.144 e. The van der Waals surface area contributed by atoms with E-state index in [1.54, 1.807) is 26.0 Å². The van der Waals surface area contributed by atoms with Crippen molar-refractivity contribution in [3.8, 4) is 11.8 Å². The van der Waals surface area contributed by atoms with Crippen LogP contribution in [0.1, 0.15) is 19.4 Å². The number of hydrogen-bond acceptors (Lipinski definition) is 3. The van der Waals surface area contributed by atoms with Crippen molar-refractivity contribution in [1.82, 2.24) is 0 Å². The molecule has 0 saturated heterocycles. The van der Waals surface area contributed by atoms with Gasteiger partial charge in [-0.25, -0.2) is 4.39 Å². The molecular weight excluding hydrogens is 195 g/mol. The Morgan fingerprint density at radius 3 is 2.73 bits per heavy atom. The molecule has 0 radical (unpaired) electrons. The van der Waals surface area contributed by atoms with Gasteiger partial charge >= 0.3 is 0 Å². The van der Waals surface area contributed by atoms with Gasteiger partial charge in [0.1, 0.15) is 28.8 Å². The Hall–Kier alpha value is -1.60. The Labute approximate surface area is 88.3 Å². The van der Waals surface area contributed by atoms with Gasteiger partial charge in [-0.1, -0.05) is 6.07 Å². The molecule has 1 rings (SSSR count). The van der Waals surface area contributed by atoms with Gasteiger partial charge < -0.3 is 10.5 Å². The Morgan fingerprint density at radius 2 is 2.20 bits per heavy atom. The maximum Gasteiger partial charge on any atom is 0.144 e. The van der Waals surface area contributed by atoms with Crippen molar-refractivity contribution in [2.45, 2.75) is 19.4 Å². The number of benzene rings is 1. The minimum Gasteiger partial charge on any atom is -0.485 e. The van der Waals surface area contributed by atoms with E-state index in [9.17, 15) is 4.39 Å². The van der Waals surface area contributed by atoms with E-state index >= 15 is 0 Å². The predicted molar refractivity (Wildman–Crippen MR) is 54.9 cm³/mol. The molecule has 0 fully saturated rings. The summed E-state index contributed by atoms with van der Waals surface area (Å²) in [5, 5.41) is 8.77. The minimum atomic E-state index is -0.612. The van der Waals surface area contributed by atoms with Crippen molar-refractivity contribution in [3.63, 3.8) is 0 Å². The van der Waals surface area contributed by atoms with E-state index in [1.807, 2.05) is 0 Å². The Morgan fingerprint density at radius 1 is 1.53 bits per heavy atom. The van der Waals surface area contributed by atoms with Gasteiger partial charge in [-0.3, -0.25) is 0 Å². The average molecular weight is 208 g/mol. The number of nitrogens with zero attached hydrogens (tertiary/aromatic N) is 1. The summed E-state index contributed by atoms with van der Waals surface area (Å²) >= 11 is 0. The van der Waals surface area contributed by atoms with Crippen LogP contribution in [0.5, 0.6) is 5.75 Å². The fourth-order valence-corrected chi connectivity index (χ4v) is 1.04. The lowest BCUT2D eigenvalue weighted by molar-refractivity contribution is 0.118. The summed E-state index contributed by atoms with van der Waals surface area (Å²) in [5.41, 5.74) is 4.79. The van der Waals surface area contributed by atoms with Crippen LogP contribution in [0.25, 0.3) is 0 Å². The molecule has 1 aromatic carbocycles. The van der Waals surface area contributed by atoms with Gasteiger partial charge in [0.05, 0.1) is 0 Å². The monoisotopic (exact) mass is 208 g/mol. The molecule has 0 aliphatic heterocycles. The van der Waals surface area contributed by atoms with E-state index in [0.717, 1.165) is 0 Å². The third kappa shape index (κ3) is 2.67. The molecule has 0 amide bonds. The minimum absolute atomic E-state index is 0.0842. The van der Waals surface area contributed by atoms with Crippen LogP contribution in [0.2, 0.25) is 0 Å². The highest BCUT2D eigenvalue weighted by Gasteiger charge is 2.20. The van der Waals surface area contributed by atoms with Crippen molar-refractivity contribution in [2.75, 3.05) is 6.54 Å². The molecule has 80 valence electrons. The molecule has 0 unspecified atom stereocenters. The largest absolute Gasteiger partial charge is 0.485 e. The van der Waals surface area contributed by atoms with Crippen LogP contribution in [0.4, 0.5) is 4.39 Å². The highest BCUT2D eigenvalue weighted by Crippen LogP contribution is 2.24. The fraction of sp³-hybridized carbons (Fsp3) is 0.364. The molecule has 0 atom stereocenters. The zero-order chi connectivity index (χ0) is 11.5. The van der Waals surface area contributed by atoms with Gasteiger partial charge in [0.25, 0.3) is 0 Å². The van der Waals surface area contributed by atoms with Gasteiger partial charge in [-0.05, 0) is 26.0 Å². The Kier molecular flexibility index (Phi) is 3.28. The predicted octanol–water partition coefficient (Wildman–Crippen LogP) is 1.81. The lowest BCUT2D eigenvalue weighted by Crippen LogP contribution is -2.37. The Balaban J connectivity index is 3.06. The topological polar surface area (TPSA) is 59.0 Å². The highest BCUT2D eigenvalue weighted by molar-refractivity contribution is 5.44. The van der Waals surface area contributed by atoms with Crippen molar-refractivity contribution < 1.29 is 9.13 Å². The molecular formula is C11H13FN2O. The van der Waals surface area contributed by atoms with E-state index in [1.165, 1.54) is 12.1 Å². The molecule has 15 heavy (non-hydrogen) atoms. The standard InChI is InChI=1S/C11H13FN2O/c1-11(2,7-14)15-10-5-3-4-9(12)8(10)6-13/h3-5H,7,14H2,1-2H3. The Bertz CT molecular complexity index is 396. The average Bonchev–Trinajstić information content (AvgIpc) is 2.18. The quantitative estimate of drug-likeness (QED) is 0.824. The molecule has 0 aromatic heterocycles. The second kappa shape index (κ2) is 4.28. The summed E-state index contributed by atoms with van der Waals surface area (Å²) < 4.78 is 18.7. The fourth-order valence-electron chi connectivity index (χ4n) is 1.04. The van der Waals surface area contributed by atoms with Crippen molar-refractivity contribution in [3.05, 3.63) is 29.6 Å². The summed E-state index contributed by atoms with van der Waals surface area (Å²) in [6, 6.07) is 6.05. The van der Waals surface area contributed by atoms with Crippen molar-refractivity contribution in [2.24, 2.45) is 5.73 Å². The van der Waals surface area contributed by atoms with Crippen LogP contribution in [0, 0.1) is 17.1 Å². The molecule has 0 bridgehead atoms. The zero-order valence-electron chi connectivity index (χ0n) is 8.75. The second-order valence-corrected chi connectivity index (χ2v) is 3.79. The second-order valence-electron chi connectivity index (χ2n) is 3.79.